The van der Waals surface area contributed by atoms with Crippen LogP contribution in [0, 0.1) is 16.0 Å². The minimum Gasteiger partial charge on any atom is -0.508 e. The van der Waals surface area contributed by atoms with Crippen molar-refractivity contribution in [3.05, 3.63) is 48.4 Å². The number of nitro benzene ring substituents is 1. The van der Waals surface area contributed by atoms with Gasteiger partial charge in [-0.25, -0.2) is 0 Å². The Labute approximate surface area is 165 Å². The standard InChI is InChI=1S/C16H14N2O8S2/c1-25-14(20)10-9(7-5-6(18(23)24)3-4-8(7)19)11-13(17-16(22)28-11)27-12(10)15(21)26-2/h3-5,9-10,12,19H,1-2H3,(H,17,22)/t9-,10+,12-/m1/s1. The molecule has 0 bridgehead atoms. The van der Waals surface area contributed by atoms with Gasteiger partial charge in [-0.15, -0.1) is 0 Å². The first-order valence-electron chi connectivity index (χ1n) is 7.81. The first-order chi connectivity index (χ1) is 13.3. The van der Waals surface area contributed by atoms with Gasteiger partial charge < -0.3 is 19.6 Å². The lowest BCUT2D eigenvalue weighted by Gasteiger charge is -2.34. The monoisotopic (exact) mass is 426 g/mol. The Bertz CT molecular complexity index is 1010. The van der Waals surface area contributed by atoms with Crippen molar-refractivity contribution in [1.29, 1.82) is 0 Å². The predicted octanol–water partition coefficient (Wildman–Crippen LogP) is 1.62. The number of aromatic nitrogens is 1. The van der Waals surface area contributed by atoms with Crippen LogP contribution < -0.4 is 4.87 Å². The molecule has 148 valence electrons. The zero-order chi connectivity index (χ0) is 20.6. The van der Waals surface area contributed by atoms with Crippen molar-refractivity contribution in [3.8, 4) is 5.75 Å². The van der Waals surface area contributed by atoms with Gasteiger partial charge in [0.25, 0.3) is 5.69 Å². The van der Waals surface area contributed by atoms with E-state index in [0.717, 1.165) is 55.5 Å². The Balaban J connectivity index is 2.29. The quantitative estimate of drug-likeness (QED) is 0.422. The average molecular weight is 426 g/mol. The number of phenolic OH excluding ortho intramolecular Hbond substituents is 1. The second-order valence-corrected chi connectivity index (χ2v) is 7.96. The molecule has 1 aromatic heterocycles. The minimum atomic E-state index is -1.17. The van der Waals surface area contributed by atoms with Gasteiger partial charge in [0.05, 0.1) is 30.1 Å². The number of nitrogens with one attached hydrogen (secondary N) is 1. The summed E-state index contributed by atoms with van der Waals surface area (Å²) in [6, 6.07) is 3.36. The number of fused-ring (bicyclic) bond motifs is 1. The first-order valence-corrected chi connectivity index (χ1v) is 9.50. The Morgan fingerprint density at radius 3 is 2.54 bits per heavy atom. The zero-order valence-electron chi connectivity index (χ0n) is 14.5. The molecule has 2 aromatic rings. The van der Waals surface area contributed by atoms with Crippen LogP contribution >= 0.6 is 23.1 Å². The molecule has 3 atom stereocenters. The number of non-ortho nitro benzene ring substituents is 1. The van der Waals surface area contributed by atoms with Crippen molar-refractivity contribution in [1.82, 2.24) is 4.98 Å². The second-order valence-electron chi connectivity index (χ2n) is 5.80. The summed E-state index contributed by atoms with van der Waals surface area (Å²) in [7, 11) is 2.30. The van der Waals surface area contributed by atoms with Gasteiger partial charge in [-0.05, 0) is 6.07 Å². The van der Waals surface area contributed by atoms with Crippen LogP contribution in [0.3, 0.4) is 0 Å². The zero-order valence-corrected chi connectivity index (χ0v) is 16.2. The summed E-state index contributed by atoms with van der Waals surface area (Å²) in [5.74, 6) is -4.00. The molecule has 0 radical (unpaired) electrons. The van der Waals surface area contributed by atoms with E-state index in [4.69, 9.17) is 9.47 Å². The van der Waals surface area contributed by atoms with E-state index in [1.54, 1.807) is 0 Å². The molecule has 1 aliphatic rings. The fraction of sp³-hybridized carbons (Fsp3) is 0.312. The van der Waals surface area contributed by atoms with E-state index >= 15 is 0 Å². The highest BCUT2D eigenvalue weighted by Crippen LogP contribution is 2.51. The van der Waals surface area contributed by atoms with Crippen LogP contribution in [0.4, 0.5) is 5.69 Å². The van der Waals surface area contributed by atoms with Gasteiger partial charge in [0.1, 0.15) is 11.0 Å². The van der Waals surface area contributed by atoms with E-state index in [-0.39, 0.29) is 17.0 Å². The number of hydrogen-bond donors (Lipinski definition) is 2. The van der Waals surface area contributed by atoms with Crippen LogP contribution in [-0.4, -0.2) is 46.4 Å². The number of H-pyrrole nitrogens is 1. The molecular weight excluding hydrogens is 412 g/mol. The van der Waals surface area contributed by atoms with Crippen molar-refractivity contribution < 1.29 is 29.1 Å². The number of thioether (sulfide) groups is 1. The molecule has 0 spiro atoms. The maximum Gasteiger partial charge on any atom is 0.320 e. The normalized spacial score (nSPS) is 20.9. The van der Waals surface area contributed by atoms with Gasteiger partial charge in [0.2, 0.25) is 0 Å². The molecule has 0 saturated heterocycles. The van der Waals surface area contributed by atoms with E-state index in [1.165, 1.54) is 0 Å². The highest BCUT2D eigenvalue weighted by atomic mass is 32.2. The summed E-state index contributed by atoms with van der Waals surface area (Å²) < 4.78 is 9.63. The third kappa shape index (κ3) is 3.36. The molecular formula is C16H14N2O8S2. The van der Waals surface area contributed by atoms with E-state index < -0.39 is 38.8 Å². The van der Waals surface area contributed by atoms with Crippen LogP contribution in [-0.2, 0) is 19.1 Å². The molecule has 28 heavy (non-hydrogen) atoms. The SMILES string of the molecule is COC(=O)[C@H]1[C@@H](c2cc([N+](=O)[O-])ccc2O)c2sc(=O)[nH]c2S[C@H]1C(=O)OC. The first kappa shape index (κ1) is 19.9. The Morgan fingerprint density at radius 2 is 1.93 bits per heavy atom. The molecule has 1 aliphatic heterocycles. The van der Waals surface area contributed by atoms with E-state index in [2.05, 4.69) is 4.98 Å². The van der Waals surface area contributed by atoms with Crippen LogP contribution in [0.5, 0.6) is 5.75 Å². The van der Waals surface area contributed by atoms with Crippen molar-refractivity contribution in [3.63, 3.8) is 0 Å². The van der Waals surface area contributed by atoms with Crippen molar-refractivity contribution in [2.75, 3.05) is 14.2 Å². The van der Waals surface area contributed by atoms with Crippen LogP contribution in [0.25, 0.3) is 0 Å². The minimum absolute atomic E-state index is 0.0373. The Kier molecular flexibility index (Phi) is 5.42. The molecule has 12 heteroatoms. The number of rotatable bonds is 4. The molecule has 2 N–H and O–H groups in total. The molecule has 10 nitrogen and oxygen atoms in total. The number of aromatic hydroxyl groups is 1. The lowest BCUT2D eigenvalue weighted by molar-refractivity contribution is -0.385. The van der Waals surface area contributed by atoms with Crippen molar-refractivity contribution in [2.24, 2.45) is 5.92 Å². The number of phenols is 1. The maximum atomic E-state index is 12.6. The topological polar surface area (TPSA) is 149 Å². The van der Waals surface area contributed by atoms with Crippen LogP contribution in [0.1, 0.15) is 16.4 Å². The number of benzene rings is 1. The summed E-state index contributed by atoms with van der Waals surface area (Å²) in [5, 5.41) is 20.8. The summed E-state index contributed by atoms with van der Waals surface area (Å²) in [6.07, 6.45) is 0. The van der Waals surface area contributed by atoms with Gasteiger partial charge in [-0.1, -0.05) is 23.1 Å². The van der Waals surface area contributed by atoms with E-state index in [0.29, 0.717) is 9.90 Å². The van der Waals surface area contributed by atoms with Crippen LogP contribution in [0.15, 0.2) is 28.0 Å². The highest BCUT2D eigenvalue weighted by molar-refractivity contribution is 8.00. The summed E-state index contributed by atoms with van der Waals surface area (Å²) in [6.45, 7) is 0. The number of esters is 2. The average Bonchev–Trinajstić information content (AvgIpc) is 3.05. The fourth-order valence-electron chi connectivity index (χ4n) is 3.10. The fourth-order valence-corrected chi connectivity index (χ4v) is 5.59. The third-order valence-electron chi connectivity index (χ3n) is 4.32. The maximum absolute atomic E-state index is 12.6. The number of carbonyl (C=O) groups is 2. The summed E-state index contributed by atoms with van der Waals surface area (Å²) >= 11 is 1.74. The van der Waals surface area contributed by atoms with Gasteiger partial charge in [-0.3, -0.25) is 24.5 Å². The molecule has 0 unspecified atom stereocenters. The summed E-state index contributed by atoms with van der Waals surface area (Å²) in [4.78, 5) is 49.9. The van der Waals surface area contributed by atoms with E-state index in [9.17, 15) is 29.6 Å². The highest BCUT2D eigenvalue weighted by Gasteiger charge is 2.49. The molecule has 0 saturated carbocycles. The number of nitrogens with zero attached hydrogens (tertiary/aromatic N) is 1. The Morgan fingerprint density at radius 1 is 1.25 bits per heavy atom. The van der Waals surface area contributed by atoms with Crippen molar-refractivity contribution in [2.45, 2.75) is 16.2 Å². The number of carbonyl (C=O) groups excluding carboxylic acids is 2. The lowest BCUT2D eigenvalue weighted by atomic mass is 9.81. The van der Waals surface area contributed by atoms with Crippen LogP contribution in [0.2, 0.25) is 0 Å². The van der Waals surface area contributed by atoms with E-state index in [1.807, 2.05) is 0 Å². The smallest absolute Gasteiger partial charge is 0.320 e. The molecule has 2 heterocycles. The molecule has 0 amide bonds. The molecule has 0 fully saturated rings. The number of thiazole rings is 1. The van der Waals surface area contributed by atoms with Gasteiger partial charge in [0.15, 0.2) is 0 Å². The Hall–Kier alpha value is -2.86. The van der Waals surface area contributed by atoms with Crippen molar-refractivity contribution >= 4 is 40.7 Å². The molecule has 0 aliphatic carbocycles. The number of hydrogen-bond acceptors (Lipinski definition) is 10. The lowest BCUT2D eigenvalue weighted by Crippen LogP contribution is -2.41. The molecule has 1 aromatic carbocycles. The largest absolute Gasteiger partial charge is 0.508 e. The third-order valence-corrected chi connectivity index (χ3v) is 6.71. The number of ether oxygens (including phenoxy) is 2. The van der Waals surface area contributed by atoms with Gasteiger partial charge in [0, 0.05) is 28.5 Å². The van der Waals surface area contributed by atoms with Gasteiger partial charge >= 0.3 is 16.8 Å². The van der Waals surface area contributed by atoms with Gasteiger partial charge in [-0.2, -0.15) is 0 Å². The number of methoxy groups -OCH3 is 2. The molecule has 3 rings (SSSR count). The number of nitro groups is 1. The second kappa shape index (κ2) is 7.64. The summed E-state index contributed by atoms with van der Waals surface area (Å²) in [5.41, 5.74) is -0.274. The predicted molar refractivity (Wildman–Crippen MR) is 98.7 cm³/mol. The number of aromatic amines is 1.